The second kappa shape index (κ2) is 9.25. The average Bonchev–Trinajstić information content (AvgIpc) is 2.70. The normalized spacial score (nSPS) is 14.4. The Morgan fingerprint density at radius 1 is 1.04 bits per heavy atom. The molecule has 0 bridgehead atoms. The van der Waals surface area contributed by atoms with Gasteiger partial charge >= 0.3 is 0 Å². The van der Waals surface area contributed by atoms with Crippen molar-refractivity contribution in [1.29, 1.82) is 0 Å². The molecular formula is C22H26ClN3S. The number of anilines is 1. The highest BCUT2D eigenvalue weighted by Gasteiger charge is 2.15. The van der Waals surface area contributed by atoms with Crippen LogP contribution in [0.3, 0.4) is 0 Å². The van der Waals surface area contributed by atoms with E-state index in [4.69, 9.17) is 23.8 Å². The van der Waals surface area contributed by atoms with Crippen LogP contribution < -0.4 is 16.2 Å². The number of hydrogen-bond acceptors (Lipinski definition) is 2. The van der Waals surface area contributed by atoms with Crippen molar-refractivity contribution >= 4 is 40.3 Å². The fraction of sp³-hybridized carbons (Fsp3) is 0.318. The lowest BCUT2D eigenvalue weighted by Gasteiger charge is -2.22. The third-order valence-electron chi connectivity index (χ3n) is 5.18. The molecule has 3 N–H and O–H groups in total. The molecule has 0 aromatic heterocycles. The van der Waals surface area contributed by atoms with Gasteiger partial charge in [-0.3, -0.25) is 10.9 Å². The molecule has 2 aromatic carbocycles. The first-order valence-electron chi connectivity index (χ1n) is 9.42. The smallest absolute Gasteiger partial charge is 0.189 e. The Balaban J connectivity index is 1.52. The number of rotatable bonds is 5. The average molecular weight is 400 g/mol. The van der Waals surface area contributed by atoms with E-state index >= 15 is 0 Å². The zero-order valence-corrected chi connectivity index (χ0v) is 17.2. The lowest BCUT2D eigenvalue weighted by atomic mass is 9.84. The minimum Gasteiger partial charge on any atom is -0.331 e. The first-order chi connectivity index (χ1) is 13.0. The summed E-state index contributed by atoms with van der Waals surface area (Å²) in [5, 5.41) is 4.31. The van der Waals surface area contributed by atoms with Crippen molar-refractivity contribution in [3.8, 4) is 0 Å². The first kappa shape index (κ1) is 19.7. The molecule has 1 aliphatic rings. The molecule has 0 unspecified atom stereocenters. The number of hydrazine groups is 1. The summed E-state index contributed by atoms with van der Waals surface area (Å²) in [5.74, 6) is 0.713. The molecule has 0 saturated heterocycles. The van der Waals surface area contributed by atoms with Gasteiger partial charge in [0.2, 0.25) is 0 Å². The van der Waals surface area contributed by atoms with E-state index in [-0.39, 0.29) is 0 Å². The molecule has 3 nitrogen and oxygen atoms in total. The molecule has 0 heterocycles. The summed E-state index contributed by atoms with van der Waals surface area (Å²) in [6.45, 7) is 6.05. The highest BCUT2D eigenvalue weighted by molar-refractivity contribution is 7.80. The van der Waals surface area contributed by atoms with Crippen molar-refractivity contribution in [3.63, 3.8) is 0 Å². The third-order valence-corrected chi connectivity index (χ3v) is 5.79. The minimum absolute atomic E-state index is 0.459. The Bertz CT molecular complexity index is 811. The zero-order chi connectivity index (χ0) is 19.2. The molecule has 0 spiro atoms. The van der Waals surface area contributed by atoms with Crippen LogP contribution in [0, 0.1) is 6.92 Å². The van der Waals surface area contributed by atoms with E-state index in [0.717, 1.165) is 22.5 Å². The monoisotopic (exact) mass is 399 g/mol. The Kier molecular flexibility index (Phi) is 6.75. The maximum atomic E-state index is 6.14. The van der Waals surface area contributed by atoms with Gasteiger partial charge in [0.15, 0.2) is 5.11 Å². The molecule has 2 aromatic rings. The molecule has 0 aliphatic heterocycles. The number of nitrogens with one attached hydrogen (secondary N) is 3. The van der Waals surface area contributed by atoms with Gasteiger partial charge in [-0.2, -0.15) is 0 Å². The first-order valence-corrected chi connectivity index (χ1v) is 10.2. The van der Waals surface area contributed by atoms with Crippen LogP contribution >= 0.6 is 23.8 Å². The van der Waals surface area contributed by atoms with Crippen LogP contribution in [0.15, 0.2) is 49.0 Å². The molecular weight excluding hydrogens is 374 g/mol. The van der Waals surface area contributed by atoms with Crippen molar-refractivity contribution < 1.29 is 0 Å². The second-order valence-corrected chi connectivity index (χ2v) is 7.87. The SMILES string of the molecule is C=C(NNC(=S)Nc1cccc(Cl)c1C)c1ccc(C2CCCCC2)cc1. The lowest BCUT2D eigenvalue weighted by molar-refractivity contribution is 0.443. The van der Waals surface area contributed by atoms with Gasteiger partial charge in [0.05, 0.1) is 5.70 Å². The fourth-order valence-electron chi connectivity index (χ4n) is 3.49. The van der Waals surface area contributed by atoms with Gasteiger partial charge in [-0.1, -0.05) is 67.8 Å². The summed E-state index contributed by atoms with van der Waals surface area (Å²) in [4.78, 5) is 0. The molecule has 1 aliphatic carbocycles. The van der Waals surface area contributed by atoms with Gasteiger partial charge in [-0.05, 0) is 66.7 Å². The standard InChI is InChI=1S/C22H26ClN3S/c1-15-20(23)9-6-10-21(15)24-22(27)26-25-16(2)17-11-13-19(14-12-17)18-7-4-3-5-8-18/h6,9-14,18,25H,2-5,7-8H2,1H3,(H2,24,26,27). The number of halogens is 1. The summed E-state index contributed by atoms with van der Waals surface area (Å²) in [6, 6.07) is 14.4. The summed E-state index contributed by atoms with van der Waals surface area (Å²) < 4.78 is 0. The predicted molar refractivity (Wildman–Crippen MR) is 120 cm³/mol. The van der Waals surface area contributed by atoms with Crippen molar-refractivity contribution in [1.82, 2.24) is 10.9 Å². The van der Waals surface area contributed by atoms with Crippen LogP contribution in [0.1, 0.15) is 54.7 Å². The van der Waals surface area contributed by atoms with Crippen molar-refractivity contribution in [2.75, 3.05) is 5.32 Å². The van der Waals surface area contributed by atoms with E-state index in [0.29, 0.717) is 16.1 Å². The molecule has 0 radical (unpaired) electrons. The molecule has 0 amide bonds. The minimum atomic E-state index is 0.459. The topological polar surface area (TPSA) is 36.1 Å². The van der Waals surface area contributed by atoms with Crippen LogP contribution in [0.4, 0.5) is 5.69 Å². The number of benzene rings is 2. The Morgan fingerprint density at radius 2 is 1.74 bits per heavy atom. The van der Waals surface area contributed by atoms with E-state index in [1.54, 1.807) is 0 Å². The summed E-state index contributed by atoms with van der Waals surface area (Å²) in [6.07, 6.45) is 6.69. The molecule has 0 atom stereocenters. The Morgan fingerprint density at radius 3 is 2.44 bits per heavy atom. The predicted octanol–water partition coefficient (Wildman–Crippen LogP) is 6.16. The molecule has 1 saturated carbocycles. The number of hydrogen-bond donors (Lipinski definition) is 3. The Labute approximate surface area is 172 Å². The van der Waals surface area contributed by atoms with Crippen LogP contribution in [-0.2, 0) is 0 Å². The van der Waals surface area contributed by atoms with E-state index in [1.165, 1.54) is 37.7 Å². The van der Waals surface area contributed by atoms with E-state index in [1.807, 2.05) is 25.1 Å². The molecule has 142 valence electrons. The highest BCUT2D eigenvalue weighted by atomic mass is 35.5. The fourth-order valence-corrected chi connectivity index (χ4v) is 3.83. The molecule has 3 rings (SSSR count). The van der Waals surface area contributed by atoms with E-state index in [2.05, 4.69) is 47.0 Å². The van der Waals surface area contributed by atoms with Gasteiger partial charge in [0, 0.05) is 10.7 Å². The van der Waals surface area contributed by atoms with Crippen molar-refractivity contribution in [2.45, 2.75) is 44.9 Å². The van der Waals surface area contributed by atoms with E-state index in [9.17, 15) is 0 Å². The van der Waals surface area contributed by atoms with Gasteiger partial charge in [-0.25, -0.2) is 0 Å². The summed E-state index contributed by atoms with van der Waals surface area (Å²) >= 11 is 11.5. The molecule has 27 heavy (non-hydrogen) atoms. The third kappa shape index (κ3) is 5.24. The summed E-state index contributed by atoms with van der Waals surface area (Å²) in [7, 11) is 0. The zero-order valence-electron chi connectivity index (χ0n) is 15.6. The molecule has 1 fully saturated rings. The maximum Gasteiger partial charge on any atom is 0.189 e. The van der Waals surface area contributed by atoms with Gasteiger partial charge in [0.25, 0.3) is 0 Å². The quantitative estimate of drug-likeness (QED) is 0.415. The van der Waals surface area contributed by atoms with Crippen LogP contribution in [0.5, 0.6) is 0 Å². The number of thiocarbonyl (C=S) groups is 1. The van der Waals surface area contributed by atoms with Crippen LogP contribution in [0.2, 0.25) is 5.02 Å². The maximum absolute atomic E-state index is 6.14. The van der Waals surface area contributed by atoms with Crippen molar-refractivity contribution in [3.05, 3.63) is 70.8 Å². The van der Waals surface area contributed by atoms with Crippen LogP contribution in [-0.4, -0.2) is 5.11 Å². The lowest BCUT2D eigenvalue weighted by Crippen LogP contribution is -2.38. The van der Waals surface area contributed by atoms with E-state index < -0.39 is 0 Å². The molecule has 5 heteroatoms. The highest BCUT2D eigenvalue weighted by Crippen LogP contribution is 2.32. The van der Waals surface area contributed by atoms with Crippen LogP contribution in [0.25, 0.3) is 5.70 Å². The second-order valence-electron chi connectivity index (χ2n) is 7.05. The van der Waals surface area contributed by atoms with Gasteiger partial charge in [0.1, 0.15) is 0 Å². The van der Waals surface area contributed by atoms with Gasteiger partial charge < -0.3 is 5.32 Å². The van der Waals surface area contributed by atoms with Gasteiger partial charge in [-0.15, -0.1) is 0 Å². The summed E-state index contributed by atoms with van der Waals surface area (Å²) in [5.41, 5.74) is 11.1. The van der Waals surface area contributed by atoms with Crippen molar-refractivity contribution in [2.24, 2.45) is 0 Å². The largest absolute Gasteiger partial charge is 0.331 e. The Hall–Kier alpha value is -2.04.